The van der Waals surface area contributed by atoms with Crippen LogP contribution in [0.4, 0.5) is 19.0 Å². The summed E-state index contributed by atoms with van der Waals surface area (Å²) in [6.07, 6.45) is 0.706. The number of aliphatic hydroxyl groups is 1. The highest BCUT2D eigenvalue weighted by atomic mass is 19.4. The molecule has 2 saturated heterocycles. The second kappa shape index (κ2) is 6.65. The largest absolute Gasteiger partial charge is 0.417 e. The Morgan fingerprint density at radius 3 is 2.52 bits per heavy atom. The number of hydrogen-bond acceptors (Lipinski definition) is 4. The zero-order chi connectivity index (χ0) is 16.4. The lowest BCUT2D eigenvalue weighted by molar-refractivity contribution is -0.137. The van der Waals surface area contributed by atoms with Crippen LogP contribution in [-0.2, 0) is 6.18 Å². The number of halogens is 3. The van der Waals surface area contributed by atoms with E-state index < -0.39 is 11.7 Å². The molecule has 2 aliphatic rings. The molecule has 1 aromatic heterocycles. The Morgan fingerprint density at radius 2 is 1.87 bits per heavy atom. The van der Waals surface area contributed by atoms with Gasteiger partial charge in [0.2, 0.25) is 0 Å². The first-order valence-electron chi connectivity index (χ1n) is 8.14. The van der Waals surface area contributed by atoms with E-state index in [1.807, 2.05) is 0 Å². The van der Waals surface area contributed by atoms with Crippen molar-refractivity contribution in [2.24, 2.45) is 0 Å². The molecule has 0 aliphatic carbocycles. The highest BCUT2D eigenvalue weighted by Gasteiger charge is 2.33. The van der Waals surface area contributed by atoms with Crippen LogP contribution in [0.25, 0.3) is 0 Å². The lowest BCUT2D eigenvalue weighted by Crippen LogP contribution is -2.43. The average Bonchev–Trinajstić information content (AvgIpc) is 3.16. The van der Waals surface area contributed by atoms with Crippen molar-refractivity contribution in [3.8, 4) is 0 Å². The molecule has 23 heavy (non-hydrogen) atoms. The van der Waals surface area contributed by atoms with Crippen LogP contribution in [0, 0.1) is 0 Å². The summed E-state index contributed by atoms with van der Waals surface area (Å²) in [6.45, 7) is 2.82. The highest BCUT2D eigenvalue weighted by molar-refractivity contribution is 5.42. The topological polar surface area (TPSA) is 39.6 Å². The van der Waals surface area contributed by atoms with E-state index in [2.05, 4.69) is 14.8 Å². The van der Waals surface area contributed by atoms with Crippen LogP contribution in [0.3, 0.4) is 0 Å². The smallest absolute Gasteiger partial charge is 0.395 e. The van der Waals surface area contributed by atoms with Crippen molar-refractivity contribution in [1.29, 1.82) is 0 Å². The maximum atomic E-state index is 12.6. The van der Waals surface area contributed by atoms with Gasteiger partial charge in [-0.15, -0.1) is 0 Å². The Bertz CT molecular complexity index is 520. The first kappa shape index (κ1) is 16.5. The van der Waals surface area contributed by atoms with Gasteiger partial charge in [0.1, 0.15) is 5.82 Å². The lowest BCUT2D eigenvalue weighted by Gasteiger charge is -2.32. The third-order valence-electron chi connectivity index (χ3n) is 4.90. The number of hydrogen-bond donors (Lipinski definition) is 1. The van der Waals surface area contributed by atoms with Crippen LogP contribution in [0.5, 0.6) is 0 Å². The van der Waals surface area contributed by atoms with Gasteiger partial charge in [0.25, 0.3) is 0 Å². The van der Waals surface area contributed by atoms with Gasteiger partial charge in [-0.05, 0) is 44.4 Å². The molecule has 3 heterocycles. The van der Waals surface area contributed by atoms with E-state index in [4.69, 9.17) is 0 Å². The van der Waals surface area contributed by atoms with Gasteiger partial charge < -0.3 is 10.0 Å². The Labute approximate surface area is 133 Å². The molecule has 0 spiro atoms. The van der Waals surface area contributed by atoms with Gasteiger partial charge in [-0.3, -0.25) is 4.90 Å². The van der Waals surface area contributed by atoms with E-state index in [9.17, 15) is 18.3 Å². The summed E-state index contributed by atoms with van der Waals surface area (Å²) >= 11 is 0. The van der Waals surface area contributed by atoms with Crippen molar-refractivity contribution in [3.05, 3.63) is 23.9 Å². The number of alkyl halides is 3. The van der Waals surface area contributed by atoms with Crippen molar-refractivity contribution in [2.75, 3.05) is 31.1 Å². The van der Waals surface area contributed by atoms with Crippen LogP contribution in [0.1, 0.15) is 31.2 Å². The summed E-state index contributed by atoms with van der Waals surface area (Å²) < 4.78 is 37.9. The van der Waals surface area contributed by atoms with Gasteiger partial charge in [-0.1, -0.05) is 0 Å². The molecule has 2 unspecified atom stereocenters. The predicted molar refractivity (Wildman–Crippen MR) is 81.3 cm³/mol. The van der Waals surface area contributed by atoms with Gasteiger partial charge in [0.05, 0.1) is 12.2 Å². The van der Waals surface area contributed by atoms with Crippen molar-refractivity contribution in [3.63, 3.8) is 0 Å². The van der Waals surface area contributed by atoms with E-state index in [1.54, 1.807) is 0 Å². The monoisotopic (exact) mass is 329 g/mol. The summed E-state index contributed by atoms with van der Waals surface area (Å²) in [5.74, 6) is 0.611. The standard InChI is InChI=1S/C16H22F3N3O/c17-16(18,19)12-5-6-15(20-9-12)22-8-2-3-13(22)10-21-7-1-4-14(21)11-23/h5-6,9,13-14,23H,1-4,7-8,10-11H2. The molecule has 2 aliphatic heterocycles. The molecule has 0 amide bonds. The molecule has 7 heteroatoms. The van der Waals surface area contributed by atoms with Crippen LogP contribution in [-0.4, -0.2) is 53.3 Å². The number of aliphatic hydroxyl groups excluding tert-OH is 1. The normalized spacial score (nSPS) is 26.2. The Hall–Kier alpha value is -1.34. The fourth-order valence-electron chi connectivity index (χ4n) is 3.66. The number of pyridine rings is 1. The van der Waals surface area contributed by atoms with Gasteiger partial charge >= 0.3 is 6.18 Å². The predicted octanol–water partition coefficient (Wildman–Crippen LogP) is 2.53. The third-order valence-corrected chi connectivity index (χ3v) is 4.90. The van der Waals surface area contributed by atoms with Crippen molar-refractivity contribution >= 4 is 5.82 Å². The third kappa shape index (κ3) is 3.61. The van der Waals surface area contributed by atoms with Crippen molar-refractivity contribution in [2.45, 2.75) is 43.9 Å². The Balaban J connectivity index is 1.69. The minimum absolute atomic E-state index is 0.172. The minimum atomic E-state index is -4.35. The summed E-state index contributed by atoms with van der Waals surface area (Å²) in [6, 6.07) is 3.04. The Kier molecular flexibility index (Phi) is 4.77. The van der Waals surface area contributed by atoms with Crippen LogP contribution in [0.15, 0.2) is 18.3 Å². The fourth-order valence-corrected chi connectivity index (χ4v) is 3.66. The van der Waals surface area contributed by atoms with E-state index in [0.717, 1.165) is 57.6 Å². The Morgan fingerprint density at radius 1 is 1.13 bits per heavy atom. The quantitative estimate of drug-likeness (QED) is 0.921. The van der Waals surface area contributed by atoms with Crippen molar-refractivity contribution in [1.82, 2.24) is 9.88 Å². The SMILES string of the molecule is OCC1CCCN1CC1CCCN1c1ccc(C(F)(F)F)cn1. The summed E-state index contributed by atoms with van der Waals surface area (Å²) in [4.78, 5) is 8.43. The molecular weight excluding hydrogens is 307 g/mol. The maximum absolute atomic E-state index is 12.6. The second-order valence-electron chi connectivity index (χ2n) is 6.37. The summed E-state index contributed by atoms with van der Waals surface area (Å²) in [7, 11) is 0. The molecule has 2 atom stereocenters. The molecule has 3 rings (SSSR count). The molecule has 0 saturated carbocycles. The fraction of sp³-hybridized carbons (Fsp3) is 0.688. The van der Waals surface area contributed by atoms with Crippen LogP contribution in [0.2, 0.25) is 0 Å². The highest BCUT2D eigenvalue weighted by Crippen LogP contribution is 2.31. The van der Waals surface area contributed by atoms with E-state index >= 15 is 0 Å². The first-order valence-corrected chi connectivity index (χ1v) is 8.14. The minimum Gasteiger partial charge on any atom is -0.395 e. The molecule has 1 aromatic rings. The summed E-state index contributed by atoms with van der Waals surface area (Å²) in [5.41, 5.74) is -0.711. The van der Waals surface area contributed by atoms with E-state index in [1.165, 1.54) is 6.07 Å². The number of likely N-dealkylation sites (tertiary alicyclic amines) is 1. The maximum Gasteiger partial charge on any atom is 0.417 e. The summed E-state index contributed by atoms with van der Waals surface area (Å²) in [5, 5.41) is 9.43. The van der Waals surface area contributed by atoms with E-state index in [-0.39, 0.29) is 18.7 Å². The molecule has 2 fully saturated rings. The van der Waals surface area contributed by atoms with Gasteiger partial charge in [0.15, 0.2) is 0 Å². The molecule has 4 nitrogen and oxygen atoms in total. The molecule has 128 valence electrons. The molecular formula is C16H22F3N3O. The van der Waals surface area contributed by atoms with Gasteiger partial charge in [0, 0.05) is 31.4 Å². The number of anilines is 1. The van der Waals surface area contributed by atoms with Gasteiger partial charge in [-0.2, -0.15) is 13.2 Å². The van der Waals surface area contributed by atoms with Crippen LogP contribution < -0.4 is 4.90 Å². The first-order chi connectivity index (χ1) is 11.0. The number of rotatable bonds is 4. The number of aromatic nitrogens is 1. The van der Waals surface area contributed by atoms with Crippen LogP contribution >= 0.6 is 0 Å². The molecule has 1 N–H and O–H groups in total. The van der Waals surface area contributed by atoms with Gasteiger partial charge in [-0.25, -0.2) is 4.98 Å². The molecule has 0 aromatic carbocycles. The molecule has 0 radical (unpaired) electrons. The second-order valence-corrected chi connectivity index (χ2v) is 6.37. The average molecular weight is 329 g/mol. The van der Waals surface area contributed by atoms with Crippen molar-refractivity contribution < 1.29 is 18.3 Å². The number of nitrogens with zero attached hydrogens (tertiary/aromatic N) is 3. The zero-order valence-corrected chi connectivity index (χ0v) is 13.0. The zero-order valence-electron chi connectivity index (χ0n) is 13.0. The van der Waals surface area contributed by atoms with E-state index in [0.29, 0.717) is 5.82 Å². The molecule has 0 bridgehead atoms. The lowest BCUT2D eigenvalue weighted by atomic mass is 10.2.